The van der Waals surface area contributed by atoms with Crippen molar-refractivity contribution in [3.8, 4) is 0 Å². The normalized spacial score (nSPS) is 12.9. The summed E-state index contributed by atoms with van der Waals surface area (Å²) in [5, 5.41) is -0.782. The summed E-state index contributed by atoms with van der Waals surface area (Å²) in [5.74, 6) is 0. The van der Waals surface area contributed by atoms with E-state index >= 15 is 0 Å². The van der Waals surface area contributed by atoms with E-state index in [-0.39, 0.29) is 17.7 Å². The van der Waals surface area contributed by atoms with Crippen LogP contribution < -0.4 is 0 Å². The molecule has 0 saturated heterocycles. The Morgan fingerprint density at radius 2 is 2.00 bits per heavy atom. The van der Waals surface area contributed by atoms with Crippen LogP contribution in [0.25, 0.3) is 0 Å². The molecule has 1 rings (SSSR count). The first kappa shape index (κ1) is 15.3. The van der Waals surface area contributed by atoms with Crippen LogP contribution in [-0.2, 0) is 14.6 Å². The SMILES string of the molecule is CSC(=S)C(CCC=O)S(=O)(=O)c1ccccc1. The van der Waals surface area contributed by atoms with E-state index in [0.29, 0.717) is 4.20 Å². The van der Waals surface area contributed by atoms with Crippen LogP contribution in [0.3, 0.4) is 0 Å². The highest BCUT2D eigenvalue weighted by Gasteiger charge is 2.30. The van der Waals surface area contributed by atoms with Gasteiger partial charge in [-0.3, -0.25) is 0 Å². The first-order valence-corrected chi connectivity index (χ1v) is 8.52. The molecule has 0 spiro atoms. The summed E-state index contributed by atoms with van der Waals surface area (Å²) in [6.45, 7) is 0. The highest BCUT2D eigenvalue weighted by molar-refractivity contribution is 8.24. The summed E-state index contributed by atoms with van der Waals surface area (Å²) in [6, 6.07) is 8.20. The Labute approximate surface area is 117 Å². The number of thiocarbonyl (C=S) groups is 1. The number of carbonyl (C=O) groups is 1. The van der Waals surface area contributed by atoms with Gasteiger partial charge in [-0.2, -0.15) is 0 Å². The Morgan fingerprint density at radius 3 is 2.50 bits per heavy atom. The first-order valence-electron chi connectivity index (χ1n) is 5.34. The number of thioether (sulfide) groups is 1. The minimum absolute atomic E-state index is 0.192. The molecule has 98 valence electrons. The van der Waals surface area contributed by atoms with Crippen molar-refractivity contribution in [3.63, 3.8) is 0 Å². The van der Waals surface area contributed by atoms with Gasteiger partial charge in [0.2, 0.25) is 0 Å². The fourth-order valence-electron chi connectivity index (χ4n) is 1.52. The summed E-state index contributed by atoms with van der Waals surface area (Å²) in [7, 11) is -3.51. The van der Waals surface area contributed by atoms with Crippen molar-refractivity contribution in [1.82, 2.24) is 0 Å². The summed E-state index contributed by atoms with van der Waals surface area (Å²) < 4.78 is 25.2. The van der Waals surface area contributed by atoms with Crippen LogP contribution in [0.4, 0.5) is 0 Å². The Hall–Kier alpha value is -0.720. The molecule has 0 aliphatic heterocycles. The van der Waals surface area contributed by atoms with E-state index in [1.807, 2.05) is 0 Å². The van der Waals surface area contributed by atoms with E-state index in [2.05, 4.69) is 0 Å². The average Bonchev–Trinajstić information content (AvgIpc) is 2.39. The number of aldehydes is 1. The molecule has 0 aliphatic rings. The maximum Gasteiger partial charge on any atom is 0.186 e. The van der Waals surface area contributed by atoms with Gasteiger partial charge < -0.3 is 4.79 Å². The number of carbonyl (C=O) groups excluding carboxylic acids is 1. The molecular formula is C12H14O3S3. The lowest BCUT2D eigenvalue weighted by Gasteiger charge is -2.16. The van der Waals surface area contributed by atoms with E-state index in [4.69, 9.17) is 12.2 Å². The third-order valence-electron chi connectivity index (χ3n) is 2.46. The van der Waals surface area contributed by atoms with Gasteiger partial charge in [0.15, 0.2) is 9.84 Å². The number of benzene rings is 1. The molecule has 0 N–H and O–H groups in total. The summed E-state index contributed by atoms with van der Waals surface area (Å²) in [6.07, 6.45) is 2.89. The van der Waals surface area contributed by atoms with Crippen LogP contribution in [0.1, 0.15) is 12.8 Å². The lowest BCUT2D eigenvalue weighted by molar-refractivity contribution is -0.107. The largest absolute Gasteiger partial charge is 0.303 e. The van der Waals surface area contributed by atoms with Gasteiger partial charge in [-0.25, -0.2) is 8.42 Å². The first-order chi connectivity index (χ1) is 8.54. The molecule has 1 unspecified atom stereocenters. The summed E-state index contributed by atoms with van der Waals surface area (Å²) >= 11 is 6.35. The van der Waals surface area contributed by atoms with Gasteiger partial charge >= 0.3 is 0 Å². The molecule has 0 amide bonds. The lowest BCUT2D eigenvalue weighted by atomic mass is 10.3. The minimum Gasteiger partial charge on any atom is -0.303 e. The van der Waals surface area contributed by atoms with E-state index in [1.165, 1.54) is 11.8 Å². The average molecular weight is 302 g/mol. The second-order valence-corrected chi connectivity index (χ2v) is 7.29. The number of hydrogen-bond acceptors (Lipinski definition) is 5. The van der Waals surface area contributed by atoms with Crippen molar-refractivity contribution in [3.05, 3.63) is 30.3 Å². The molecule has 0 aromatic heterocycles. The Balaban J connectivity index is 3.11. The van der Waals surface area contributed by atoms with E-state index < -0.39 is 15.1 Å². The minimum atomic E-state index is -3.51. The maximum atomic E-state index is 12.4. The predicted octanol–water partition coefficient (Wildman–Crippen LogP) is 2.50. The second-order valence-electron chi connectivity index (χ2n) is 3.61. The van der Waals surface area contributed by atoms with Crippen LogP contribution >= 0.6 is 24.0 Å². The van der Waals surface area contributed by atoms with Gasteiger partial charge in [0.1, 0.15) is 11.5 Å². The summed E-state index contributed by atoms with van der Waals surface area (Å²) in [4.78, 5) is 10.7. The lowest BCUT2D eigenvalue weighted by Crippen LogP contribution is -2.27. The molecule has 1 aromatic rings. The van der Waals surface area contributed by atoms with Crippen LogP contribution in [0.5, 0.6) is 0 Å². The zero-order valence-corrected chi connectivity index (χ0v) is 12.4. The molecule has 1 aromatic carbocycles. The van der Waals surface area contributed by atoms with Crippen LogP contribution in [0.15, 0.2) is 35.2 Å². The Bertz CT molecular complexity index is 509. The van der Waals surface area contributed by atoms with E-state index in [0.717, 1.165) is 6.29 Å². The molecule has 0 aliphatic carbocycles. The molecule has 0 fully saturated rings. The van der Waals surface area contributed by atoms with Gasteiger partial charge in [0.25, 0.3) is 0 Å². The Morgan fingerprint density at radius 1 is 1.39 bits per heavy atom. The fourth-order valence-corrected chi connectivity index (χ4v) is 4.64. The van der Waals surface area contributed by atoms with E-state index in [9.17, 15) is 13.2 Å². The highest BCUT2D eigenvalue weighted by atomic mass is 32.2. The highest BCUT2D eigenvalue weighted by Crippen LogP contribution is 2.23. The predicted molar refractivity (Wildman–Crippen MR) is 78.8 cm³/mol. The van der Waals surface area contributed by atoms with Crippen molar-refractivity contribution in [1.29, 1.82) is 0 Å². The van der Waals surface area contributed by atoms with Gasteiger partial charge in [-0.05, 0) is 24.8 Å². The maximum absolute atomic E-state index is 12.4. The van der Waals surface area contributed by atoms with Gasteiger partial charge in [-0.15, -0.1) is 11.8 Å². The molecule has 1 atom stereocenters. The zero-order chi connectivity index (χ0) is 13.6. The van der Waals surface area contributed by atoms with Crippen LogP contribution in [-0.4, -0.2) is 30.4 Å². The van der Waals surface area contributed by atoms with E-state index in [1.54, 1.807) is 36.6 Å². The Kier molecular flexibility index (Phi) is 5.98. The molecule has 3 nitrogen and oxygen atoms in total. The molecule has 0 bridgehead atoms. The molecular weight excluding hydrogens is 288 g/mol. The number of sulfone groups is 1. The van der Waals surface area contributed by atoms with Gasteiger partial charge in [0, 0.05) is 6.42 Å². The zero-order valence-electron chi connectivity index (χ0n) is 9.91. The van der Waals surface area contributed by atoms with Crippen molar-refractivity contribution in [2.24, 2.45) is 0 Å². The van der Waals surface area contributed by atoms with Gasteiger partial charge in [-0.1, -0.05) is 30.4 Å². The molecule has 18 heavy (non-hydrogen) atoms. The molecule has 0 radical (unpaired) electrons. The smallest absolute Gasteiger partial charge is 0.186 e. The third kappa shape index (κ3) is 3.63. The van der Waals surface area contributed by atoms with Crippen molar-refractivity contribution in [2.45, 2.75) is 23.0 Å². The van der Waals surface area contributed by atoms with Crippen LogP contribution in [0.2, 0.25) is 0 Å². The number of rotatable bonds is 6. The summed E-state index contributed by atoms with van der Waals surface area (Å²) in [5.41, 5.74) is 0. The monoisotopic (exact) mass is 302 g/mol. The van der Waals surface area contributed by atoms with Crippen molar-refractivity contribution >= 4 is 44.3 Å². The van der Waals surface area contributed by atoms with Crippen molar-refractivity contribution in [2.75, 3.05) is 6.26 Å². The van der Waals surface area contributed by atoms with Crippen LogP contribution in [0, 0.1) is 0 Å². The molecule has 0 heterocycles. The fraction of sp³-hybridized carbons (Fsp3) is 0.333. The topological polar surface area (TPSA) is 51.2 Å². The second kappa shape index (κ2) is 7.01. The third-order valence-corrected chi connectivity index (χ3v) is 6.38. The molecule has 0 saturated carbocycles. The molecule has 6 heteroatoms. The number of hydrogen-bond donors (Lipinski definition) is 0. The van der Waals surface area contributed by atoms with Crippen molar-refractivity contribution < 1.29 is 13.2 Å². The standard InChI is InChI=1S/C12H14O3S3/c1-17-12(16)11(8-5-9-13)18(14,15)10-6-3-2-4-7-10/h2-4,6-7,9,11H,5,8H2,1H3. The van der Waals surface area contributed by atoms with Gasteiger partial charge in [0.05, 0.1) is 9.09 Å². The quantitative estimate of drug-likeness (QED) is 0.597.